The second-order valence-corrected chi connectivity index (χ2v) is 5.57. The summed E-state index contributed by atoms with van der Waals surface area (Å²) in [6.07, 6.45) is 5.43. The van der Waals surface area contributed by atoms with E-state index in [-0.39, 0.29) is 5.69 Å². The van der Waals surface area contributed by atoms with Crippen LogP contribution in [0.4, 0.5) is 11.5 Å². The topological polar surface area (TPSA) is 90.8 Å². The Labute approximate surface area is 138 Å². The summed E-state index contributed by atoms with van der Waals surface area (Å²) < 4.78 is 3.49. The van der Waals surface area contributed by atoms with Gasteiger partial charge in [0.05, 0.1) is 11.3 Å². The first-order valence-electron chi connectivity index (χ1n) is 7.50. The highest BCUT2D eigenvalue weighted by atomic mass is 16.6. The number of nitrogens with zero attached hydrogens (tertiary/aromatic N) is 5. The molecule has 0 aliphatic heterocycles. The summed E-state index contributed by atoms with van der Waals surface area (Å²) in [6, 6.07) is 8.08. The zero-order valence-corrected chi connectivity index (χ0v) is 13.5. The van der Waals surface area contributed by atoms with E-state index in [1.807, 2.05) is 29.0 Å². The minimum absolute atomic E-state index is 0.0204. The lowest BCUT2D eigenvalue weighted by Gasteiger charge is -2.08. The van der Waals surface area contributed by atoms with Crippen LogP contribution in [-0.2, 0) is 20.1 Å². The van der Waals surface area contributed by atoms with Crippen LogP contribution in [0.2, 0.25) is 0 Å². The maximum atomic E-state index is 11.2. The molecular formula is C16H18N6O2. The number of nitro groups is 1. The molecule has 0 radical (unpaired) electrons. The average molecular weight is 326 g/mol. The van der Waals surface area contributed by atoms with E-state index in [2.05, 4.69) is 21.5 Å². The number of imidazole rings is 1. The number of hydrogen-bond acceptors (Lipinski definition) is 5. The van der Waals surface area contributed by atoms with Gasteiger partial charge in [0.1, 0.15) is 5.69 Å². The lowest BCUT2D eigenvalue weighted by molar-refractivity contribution is -0.384. The Morgan fingerprint density at radius 3 is 2.83 bits per heavy atom. The number of hydrogen-bond donors (Lipinski definition) is 1. The Morgan fingerprint density at radius 2 is 2.12 bits per heavy atom. The molecule has 3 rings (SSSR count). The second kappa shape index (κ2) is 6.53. The highest BCUT2D eigenvalue weighted by Crippen LogP contribution is 2.27. The van der Waals surface area contributed by atoms with E-state index in [0.717, 1.165) is 17.7 Å². The molecule has 0 atom stereocenters. The van der Waals surface area contributed by atoms with Crippen molar-refractivity contribution >= 4 is 11.5 Å². The predicted octanol–water partition coefficient (Wildman–Crippen LogP) is 2.49. The third kappa shape index (κ3) is 3.27. The smallest absolute Gasteiger partial charge is 0.333 e. The van der Waals surface area contributed by atoms with Crippen molar-refractivity contribution in [2.24, 2.45) is 7.05 Å². The van der Waals surface area contributed by atoms with Crippen LogP contribution in [0.1, 0.15) is 16.8 Å². The van der Waals surface area contributed by atoms with Crippen molar-refractivity contribution in [2.45, 2.75) is 20.0 Å². The fourth-order valence-corrected chi connectivity index (χ4v) is 2.68. The molecule has 0 amide bonds. The fourth-order valence-electron chi connectivity index (χ4n) is 2.68. The van der Waals surface area contributed by atoms with E-state index in [4.69, 9.17) is 0 Å². The molecule has 124 valence electrons. The third-order valence-corrected chi connectivity index (χ3v) is 3.75. The Hall–Kier alpha value is -3.16. The molecule has 0 fully saturated rings. The summed E-state index contributed by atoms with van der Waals surface area (Å²) in [6.45, 7) is 2.85. The first-order valence-corrected chi connectivity index (χ1v) is 7.50. The Morgan fingerprint density at radius 1 is 1.33 bits per heavy atom. The van der Waals surface area contributed by atoms with Gasteiger partial charge in [0.2, 0.25) is 5.82 Å². The fraction of sp³-hybridized carbons (Fsp3) is 0.250. The number of anilines is 1. The molecule has 2 aromatic heterocycles. The number of nitrogens with one attached hydrogen (secondary N) is 1. The van der Waals surface area contributed by atoms with Crippen LogP contribution in [0.3, 0.4) is 0 Å². The summed E-state index contributed by atoms with van der Waals surface area (Å²) in [5.74, 6) is 0.414. The van der Waals surface area contributed by atoms with Crippen LogP contribution >= 0.6 is 0 Å². The van der Waals surface area contributed by atoms with Gasteiger partial charge in [-0.25, -0.2) is 9.67 Å². The third-order valence-electron chi connectivity index (χ3n) is 3.75. The summed E-state index contributed by atoms with van der Waals surface area (Å²) in [7, 11) is 1.69. The van der Waals surface area contributed by atoms with Crippen molar-refractivity contribution in [2.75, 3.05) is 5.32 Å². The van der Waals surface area contributed by atoms with Crippen LogP contribution in [0.25, 0.3) is 0 Å². The first kappa shape index (κ1) is 15.7. The molecular weight excluding hydrogens is 308 g/mol. The summed E-state index contributed by atoms with van der Waals surface area (Å²) in [5, 5.41) is 18.4. The first-order chi connectivity index (χ1) is 11.5. The maximum absolute atomic E-state index is 11.2. The van der Waals surface area contributed by atoms with Gasteiger partial charge in [-0.1, -0.05) is 24.3 Å². The molecule has 2 heterocycles. The summed E-state index contributed by atoms with van der Waals surface area (Å²) >= 11 is 0. The Balaban J connectivity index is 1.75. The summed E-state index contributed by atoms with van der Waals surface area (Å²) in [5.41, 5.74) is 2.61. The number of rotatable bonds is 6. The monoisotopic (exact) mass is 326 g/mol. The average Bonchev–Trinajstić information content (AvgIpc) is 3.13. The SMILES string of the molecule is Cc1nn(C)c(NCc2cccc(Cn3ccnc3)c2)c1[N+](=O)[O-]. The lowest BCUT2D eigenvalue weighted by Crippen LogP contribution is -2.07. The van der Waals surface area contributed by atoms with E-state index in [9.17, 15) is 10.1 Å². The molecule has 24 heavy (non-hydrogen) atoms. The highest BCUT2D eigenvalue weighted by molar-refractivity contribution is 5.59. The normalized spacial score (nSPS) is 10.8. The van der Waals surface area contributed by atoms with Gasteiger partial charge in [-0.3, -0.25) is 10.1 Å². The summed E-state index contributed by atoms with van der Waals surface area (Å²) in [4.78, 5) is 14.8. The molecule has 1 aromatic carbocycles. The molecule has 0 bridgehead atoms. The molecule has 0 unspecified atom stereocenters. The predicted molar refractivity (Wildman–Crippen MR) is 89.7 cm³/mol. The van der Waals surface area contributed by atoms with Gasteiger partial charge in [-0.05, 0) is 18.1 Å². The quantitative estimate of drug-likeness (QED) is 0.555. The molecule has 1 N–H and O–H groups in total. The minimum Gasteiger partial charge on any atom is -0.360 e. The van der Waals surface area contributed by atoms with Crippen molar-refractivity contribution in [1.29, 1.82) is 0 Å². The van der Waals surface area contributed by atoms with E-state index < -0.39 is 4.92 Å². The van der Waals surface area contributed by atoms with Gasteiger partial charge in [-0.2, -0.15) is 5.10 Å². The highest BCUT2D eigenvalue weighted by Gasteiger charge is 2.23. The van der Waals surface area contributed by atoms with E-state index >= 15 is 0 Å². The molecule has 3 aromatic rings. The number of aromatic nitrogens is 4. The minimum atomic E-state index is -0.403. The molecule has 0 saturated carbocycles. The van der Waals surface area contributed by atoms with E-state index in [0.29, 0.717) is 18.1 Å². The van der Waals surface area contributed by atoms with Gasteiger partial charge >= 0.3 is 5.69 Å². The van der Waals surface area contributed by atoms with Crippen molar-refractivity contribution in [3.63, 3.8) is 0 Å². The number of aryl methyl sites for hydroxylation is 2. The van der Waals surface area contributed by atoms with Crippen molar-refractivity contribution in [1.82, 2.24) is 19.3 Å². The molecule has 0 aliphatic carbocycles. The second-order valence-electron chi connectivity index (χ2n) is 5.57. The molecule has 0 saturated heterocycles. The van der Waals surface area contributed by atoms with Crippen LogP contribution in [0.15, 0.2) is 43.0 Å². The zero-order chi connectivity index (χ0) is 17.1. The van der Waals surface area contributed by atoms with Crippen LogP contribution in [-0.4, -0.2) is 24.3 Å². The zero-order valence-electron chi connectivity index (χ0n) is 13.5. The van der Waals surface area contributed by atoms with E-state index in [1.165, 1.54) is 4.68 Å². The van der Waals surface area contributed by atoms with Crippen molar-refractivity contribution in [3.8, 4) is 0 Å². The molecule has 0 aliphatic rings. The number of benzene rings is 1. The van der Waals surface area contributed by atoms with Crippen molar-refractivity contribution in [3.05, 3.63) is 69.9 Å². The largest absolute Gasteiger partial charge is 0.360 e. The Kier molecular flexibility index (Phi) is 4.28. The van der Waals surface area contributed by atoms with Gasteiger partial charge in [0, 0.05) is 32.5 Å². The molecule has 8 heteroatoms. The van der Waals surface area contributed by atoms with Gasteiger partial charge in [-0.15, -0.1) is 0 Å². The molecule has 0 spiro atoms. The standard InChI is InChI=1S/C16H18N6O2/c1-12-15(22(23)24)16(20(2)19-12)18-9-13-4-3-5-14(8-13)10-21-7-6-17-11-21/h3-8,11,18H,9-10H2,1-2H3. The van der Waals surface area contributed by atoms with E-state index in [1.54, 1.807) is 26.5 Å². The maximum Gasteiger partial charge on any atom is 0.333 e. The van der Waals surface area contributed by atoms with Crippen LogP contribution in [0.5, 0.6) is 0 Å². The van der Waals surface area contributed by atoms with Crippen LogP contribution < -0.4 is 5.32 Å². The van der Waals surface area contributed by atoms with Gasteiger partial charge in [0.25, 0.3) is 0 Å². The van der Waals surface area contributed by atoms with Crippen LogP contribution in [0, 0.1) is 17.0 Å². The van der Waals surface area contributed by atoms with Gasteiger partial charge in [0.15, 0.2) is 0 Å². The lowest BCUT2D eigenvalue weighted by atomic mass is 10.1. The Bertz CT molecular complexity index is 854. The van der Waals surface area contributed by atoms with Gasteiger partial charge < -0.3 is 9.88 Å². The molecule has 8 nitrogen and oxygen atoms in total. The van der Waals surface area contributed by atoms with Crippen molar-refractivity contribution < 1.29 is 4.92 Å².